The van der Waals surface area contributed by atoms with E-state index in [-0.39, 0.29) is 22.7 Å². The Morgan fingerprint density at radius 1 is 1.14 bits per heavy atom. The number of anilines is 2. The van der Waals surface area contributed by atoms with E-state index in [9.17, 15) is 9.18 Å². The van der Waals surface area contributed by atoms with Crippen molar-refractivity contribution in [3.63, 3.8) is 0 Å². The van der Waals surface area contributed by atoms with E-state index < -0.39 is 11.7 Å². The van der Waals surface area contributed by atoms with Gasteiger partial charge in [-0.05, 0) is 24.3 Å². The third-order valence-corrected chi connectivity index (χ3v) is 2.93. The number of nitrogens with one attached hydrogen (secondary N) is 1. The van der Waals surface area contributed by atoms with Crippen LogP contribution in [0.4, 0.5) is 15.8 Å². The second-order valence-corrected chi connectivity index (χ2v) is 4.20. The Morgan fingerprint density at radius 2 is 1.86 bits per heavy atom. The molecule has 5 nitrogen and oxygen atoms in total. The molecule has 0 radical (unpaired) electrons. The normalized spacial score (nSPS) is 10.0. The maximum atomic E-state index is 13.7. The van der Waals surface area contributed by atoms with Crippen LogP contribution in [0.3, 0.4) is 0 Å². The molecule has 3 N–H and O–H groups in total. The fraction of sp³-hybridized carbons (Fsp3) is 0.133. The molecule has 2 aromatic carbocycles. The summed E-state index contributed by atoms with van der Waals surface area (Å²) in [5, 5.41) is 2.45. The summed E-state index contributed by atoms with van der Waals surface area (Å²) in [6, 6.07) is 9.03. The second-order valence-electron chi connectivity index (χ2n) is 4.20. The number of methoxy groups -OCH3 is 2. The van der Waals surface area contributed by atoms with Crippen LogP contribution in [0.5, 0.6) is 11.5 Å². The molecule has 110 valence electrons. The lowest BCUT2D eigenvalue weighted by molar-refractivity contribution is 0.102. The first-order chi connectivity index (χ1) is 10.1. The fourth-order valence-corrected chi connectivity index (χ4v) is 1.92. The highest BCUT2D eigenvalue weighted by atomic mass is 19.1. The zero-order chi connectivity index (χ0) is 15.4. The summed E-state index contributed by atoms with van der Waals surface area (Å²) in [7, 11) is 2.89. The minimum absolute atomic E-state index is 0.0626. The van der Waals surface area contributed by atoms with Crippen LogP contribution in [0.1, 0.15) is 10.4 Å². The third-order valence-electron chi connectivity index (χ3n) is 2.93. The predicted octanol–water partition coefficient (Wildman–Crippen LogP) is 2.68. The zero-order valence-corrected chi connectivity index (χ0v) is 11.6. The molecular formula is C15H15FN2O3. The van der Waals surface area contributed by atoms with Crippen LogP contribution in [0.15, 0.2) is 36.4 Å². The van der Waals surface area contributed by atoms with Crippen molar-refractivity contribution in [2.75, 3.05) is 25.3 Å². The molecular weight excluding hydrogens is 275 g/mol. The maximum Gasteiger partial charge on any atom is 0.259 e. The molecule has 0 aliphatic rings. The Labute approximate surface area is 121 Å². The number of halogens is 1. The van der Waals surface area contributed by atoms with Crippen molar-refractivity contribution in [3.05, 3.63) is 47.8 Å². The topological polar surface area (TPSA) is 73.6 Å². The van der Waals surface area contributed by atoms with Gasteiger partial charge >= 0.3 is 0 Å². The van der Waals surface area contributed by atoms with E-state index in [1.807, 2.05) is 0 Å². The van der Waals surface area contributed by atoms with Gasteiger partial charge in [-0.1, -0.05) is 12.1 Å². The minimum atomic E-state index is -0.606. The highest BCUT2D eigenvalue weighted by Crippen LogP contribution is 2.32. The first-order valence-corrected chi connectivity index (χ1v) is 6.14. The van der Waals surface area contributed by atoms with Gasteiger partial charge in [0.1, 0.15) is 11.5 Å². The largest absolute Gasteiger partial charge is 0.493 e. The number of nitrogen functional groups attached to an aromatic ring is 1. The number of hydrogen-bond acceptors (Lipinski definition) is 4. The lowest BCUT2D eigenvalue weighted by Gasteiger charge is -2.13. The molecule has 6 heteroatoms. The number of para-hydroxylation sites is 2. The van der Waals surface area contributed by atoms with Crippen LogP contribution in [0.25, 0.3) is 0 Å². The minimum Gasteiger partial charge on any atom is -0.493 e. The summed E-state index contributed by atoms with van der Waals surface area (Å²) in [5.74, 6) is -0.466. The lowest BCUT2D eigenvalue weighted by Crippen LogP contribution is -2.15. The highest BCUT2D eigenvalue weighted by Gasteiger charge is 2.18. The molecule has 21 heavy (non-hydrogen) atoms. The van der Waals surface area contributed by atoms with Crippen molar-refractivity contribution in [3.8, 4) is 11.5 Å². The summed E-state index contributed by atoms with van der Waals surface area (Å²) in [4.78, 5) is 12.3. The first kappa shape index (κ1) is 14.6. The number of benzene rings is 2. The van der Waals surface area contributed by atoms with Gasteiger partial charge in [-0.25, -0.2) is 4.39 Å². The molecule has 2 rings (SSSR count). The van der Waals surface area contributed by atoms with Gasteiger partial charge in [0.2, 0.25) is 0 Å². The van der Waals surface area contributed by atoms with E-state index in [1.54, 1.807) is 18.2 Å². The van der Waals surface area contributed by atoms with Crippen LogP contribution in [0.2, 0.25) is 0 Å². The van der Waals surface area contributed by atoms with E-state index in [0.717, 1.165) is 0 Å². The van der Waals surface area contributed by atoms with E-state index in [2.05, 4.69) is 5.32 Å². The van der Waals surface area contributed by atoms with Crippen LogP contribution >= 0.6 is 0 Å². The molecule has 0 aromatic heterocycles. The molecule has 0 fully saturated rings. The van der Waals surface area contributed by atoms with Gasteiger partial charge in [0.25, 0.3) is 5.91 Å². The number of carbonyl (C=O) groups is 1. The molecule has 0 aliphatic carbocycles. The van der Waals surface area contributed by atoms with E-state index in [1.165, 1.54) is 32.4 Å². The van der Waals surface area contributed by atoms with Crippen LogP contribution in [-0.4, -0.2) is 20.1 Å². The predicted molar refractivity (Wildman–Crippen MR) is 78.3 cm³/mol. The molecule has 0 heterocycles. The van der Waals surface area contributed by atoms with Crippen molar-refractivity contribution in [1.82, 2.24) is 0 Å². The molecule has 2 aromatic rings. The highest BCUT2D eigenvalue weighted by molar-refractivity contribution is 6.08. The average Bonchev–Trinajstić information content (AvgIpc) is 2.49. The van der Waals surface area contributed by atoms with Crippen molar-refractivity contribution >= 4 is 17.3 Å². The lowest BCUT2D eigenvalue weighted by atomic mass is 10.1. The summed E-state index contributed by atoms with van der Waals surface area (Å²) in [5.41, 5.74) is 5.97. The van der Waals surface area contributed by atoms with Gasteiger partial charge < -0.3 is 20.5 Å². The Balaban J connectivity index is 2.37. The van der Waals surface area contributed by atoms with Crippen LogP contribution in [0, 0.1) is 5.82 Å². The summed E-state index contributed by atoms with van der Waals surface area (Å²) in [6.45, 7) is 0. The third kappa shape index (κ3) is 2.89. The fourth-order valence-electron chi connectivity index (χ4n) is 1.92. The average molecular weight is 290 g/mol. The van der Waals surface area contributed by atoms with Crippen LogP contribution < -0.4 is 20.5 Å². The standard InChI is InChI=1S/C15H15FN2O3/c1-20-12-8-3-5-9(14(12)21-2)15(19)18-13-10(16)6-4-7-11(13)17/h3-8H,17H2,1-2H3,(H,18,19). The van der Waals surface area contributed by atoms with Crippen LogP contribution in [-0.2, 0) is 0 Å². The number of rotatable bonds is 4. The van der Waals surface area contributed by atoms with Crippen molar-refractivity contribution in [2.24, 2.45) is 0 Å². The van der Waals surface area contributed by atoms with E-state index in [4.69, 9.17) is 15.2 Å². The quantitative estimate of drug-likeness (QED) is 0.849. The van der Waals surface area contributed by atoms with E-state index >= 15 is 0 Å². The zero-order valence-electron chi connectivity index (χ0n) is 11.6. The number of nitrogens with two attached hydrogens (primary N) is 1. The Kier molecular flexibility index (Phi) is 4.27. The molecule has 0 atom stereocenters. The summed E-state index contributed by atoms with van der Waals surface area (Å²) in [6.07, 6.45) is 0. The summed E-state index contributed by atoms with van der Waals surface area (Å²) < 4.78 is 24.0. The maximum absolute atomic E-state index is 13.7. The van der Waals surface area contributed by atoms with Gasteiger partial charge in [0.05, 0.1) is 25.5 Å². The van der Waals surface area contributed by atoms with Gasteiger partial charge in [-0.2, -0.15) is 0 Å². The Hall–Kier alpha value is -2.76. The molecule has 0 spiro atoms. The number of carbonyl (C=O) groups excluding carboxylic acids is 1. The molecule has 0 saturated heterocycles. The summed E-state index contributed by atoms with van der Waals surface area (Å²) >= 11 is 0. The van der Waals surface area contributed by atoms with Gasteiger partial charge in [-0.15, -0.1) is 0 Å². The molecule has 1 amide bonds. The monoisotopic (exact) mass is 290 g/mol. The SMILES string of the molecule is COc1cccc(C(=O)Nc2c(N)cccc2F)c1OC. The van der Waals surface area contributed by atoms with E-state index in [0.29, 0.717) is 5.75 Å². The number of amides is 1. The van der Waals surface area contributed by atoms with Crippen molar-refractivity contribution < 1.29 is 18.7 Å². The van der Waals surface area contributed by atoms with Gasteiger partial charge in [0.15, 0.2) is 11.5 Å². The molecule has 0 bridgehead atoms. The smallest absolute Gasteiger partial charge is 0.259 e. The van der Waals surface area contributed by atoms with Crippen molar-refractivity contribution in [2.45, 2.75) is 0 Å². The molecule has 0 unspecified atom stereocenters. The molecule has 0 saturated carbocycles. The number of hydrogen-bond donors (Lipinski definition) is 2. The van der Waals surface area contributed by atoms with Crippen molar-refractivity contribution in [1.29, 1.82) is 0 Å². The molecule has 0 aliphatic heterocycles. The van der Waals surface area contributed by atoms with Gasteiger partial charge in [-0.3, -0.25) is 4.79 Å². The first-order valence-electron chi connectivity index (χ1n) is 6.14. The second kappa shape index (κ2) is 6.13. The Morgan fingerprint density at radius 3 is 2.48 bits per heavy atom. The Bertz CT molecular complexity index is 654. The van der Waals surface area contributed by atoms with Gasteiger partial charge in [0, 0.05) is 0 Å². The number of ether oxygens (including phenoxy) is 2.